The molecule has 0 heterocycles. The van der Waals surface area contributed by atoms with Gasteiger partial charge in [0.25, 0.3) is 0 Å². The van der Waals surface area contributed by atoms with Crippen molar-refractivity contribution >= 4 is 5.78 Å². The number of Topliss-reactive ketones (excluding diaryl/α,β-unsaturated/α-hetero) is 1. The van der Waals surface area contributed by atoms with Gasteiger partial charge in [-0.1, -0.05) is 6.92 Å². The second-order valence-electron chi connectivity index (χ2n) is 3.06. The zero-order valence-electron chi connectivity index (χ0n) is 7.31. The smallest absolute Gasteiger partial charge is 0.164 e. The maximum atomic E-state index is 11.4. The molecule has 0 saturated heterocycles. The molecule has 0 N–H and O–H groups in total. The van der Waals surface area contributed by atoms with Crippen molar-refractivity contribution in [3.05, 3.63) is 11.3 Å². The zero-order chi connectivity index (χ0) is 8.43. The molecule has 0 aromatic heterocycles. The highest BCUT2D eigenvalue weighted by molar-refractivity contribution is 5.97. The molecule has 0 aromatic rings. The first-order valence-corrected chi connectivity index (χ1v) is 3.94. The largest absolute Gasteiger partial charge is 0.501 e. The lowest BCUT2D eigenvalue weighted by molar-refractivity contribution is -0.119. The standard InChI is InChI=1S/C9H14O2/c1-6-4-5-8(11-3)7(2)9(6)10/h6H,4-5H2,1-3H3. The first-order valence-electron chi connectivity index (χ1n) is 3.94. The van der Waals surface area contributed by atoms with E-state index in [4.69, 9.17) is 4.74 Å². The third-order valence-electron chi connectivity index (χ3n) is 2.29. The zero-order valence-corrected chi connectivity index (χ0v) is 7.31. The van der Waals surface area contributed by atoms with E-state index >= 15 is 0 Å². The molecule has 0 aliphatic heterocycles. The molecule has 0 bridgehead atoms. The van der Waals surface area contributed by atoms with E-state index in [1.54, 1.807) is 7.11 Å². The summed E-state index contributed by atoms with van der Waals surface area (Å²) in [5.74, 6) is 1.30. The highest BCUT2D eigenvalue weighted by Crippen LogP contribution is 2.25. The molecule has 0 aromatic carbocycles. The van der Waals surface area contributed by atoms with Crippen LogP contribution in [0.15, 0.2) is 11.3 Å². The quantitative estimate of drug-likeness (QED) is 0.576. The van der Waals surface area contributed by atoms with E-state index in [9.17, 15) is 4.79 Å². The van der Waals surface area contributed by atoms with E-state index in [1.807, 2.05) is 13.8 Å². The van der Waals surface area contributed by atoms with Gasteiger partial charge in [0.1, 0.15) is 5.76 Å². The van der Waals surface area contributed by atoms with Crippen LogP contribution < -0.4 is 0 Å². The number of rotatable bonds is 1. The van der Waals surface area contributed by atoms with Gasteiger partial charge in [-0.15, -0.1) is 0 Å². The van der Waals surface area contributed by atoms with Gasteiger partial charge in [0.2, 0.25) is 0 Å². The molecule has 0 radical (unpaired) electrons. The molecular weight excluding hydrogens is 140 g/mol. The van der Waals surface area contributed by atoms with E-state index in [-0.39, 0.29) is 11.7 Å². The van der Waals surface area contributed by atoms with Crippen LogP contribution in [0.25, 0.3) is 0 Å². The number of ketones is 1. The van der Waals surface area contributed by atoms with Crippen molar-refractivity contribution < 1.29 is 9.53 Å². The van der Waals surface area contributed by atoms with Gasteiger partial charge < -0.3 is 4.74 Å². The minimum atomic E-state index is 0.189. The van der Waals surface area contributed by atoms with Crippen molar-refractivity contribution in [2.75, 3.05) is 7.11 Å². The summed E-state index contributed by atoms with van der Waals surface area (Å²) in [5, 5.41) is 0. The Morgan fingerprint density at radius 2 is 2.18 bits per heavy atom. The van der Waals surface area contributed by atoms with E-state index < -0.39 is 0 Å². The van der Waals surface area contributed by atoms with Gasteiger partial charge in [-0.25, -0.2) is 0 Å². The molecule has 0 amide bonds. The molecule has 1 aliphatic rings. The highest BCUT2D eigenvalue weighted by atomic mass is 16.5. The van der Waals surface area contributed by atoms with Crippen LogP contribution in [0.2, 0.25) is 0 Å². The third-order valence-corrected chi connectivity index (χ3v) is 2.29. The minimum absolute atomic E-state index is 0.189. The maximum Gasteiger partial charge on any atom is 0.164 e. The SMILES string of the molecule is COC1=C(C)C(=O)C(C)CC1. The van der Waals surface area contributed by atoms with Crippen molar-refractivity contribution in [3.63, 3.8) is 0 Å². The van der Waals surface area contributed by atoms with Gasteiger partial charge in [0.15, 0.2) is 5.78 Å². The summed E-state index contributed by atoms with van der Waals surface area (Å²) in [4.78, 5) is 11.4. The van der Waals surface area contributed by atoms with Gasteiger partial charge >= 0.3 is 0 Å². The van der Waals surface area contributed by atoms with Gasteiger partial charge in [-0.3, -0.25) is 4.79 Å². The van der Waals surface area contributed by atoms with Crippen molar-refractivity contribution in [1.82, 2.24) is 0 Å². The van der Waals surface area contributed by atoms with Crippen LogP contribution in [0, 0.1) is 5.92 Å². The Hall–Kier alpha value is -0.790. The van der Waals surface area contributed by atoms with Crippen LogP contribution in [-0.4, -0.2) is 12.9 Å². The van der Waals surface area contributed by atoms with E-state index in [1.165, 1.54) is 0 Å². The normalized spacial score (nSPS) is 25.7. The van der Waals surface area contributed by atoms with Crippen LogP contribution >= 0.6 is 0 Å². The summed E-state index contributed by atoms with van der Waals surface area (Å²) in [7, 11) is 1.63. The molecule has 0 saturated carbocycles. The van der Waals surface area contributed by atoms with Crippen molar-refractivity contribution in [2.45, 2.75) is 26.7 Å². The molecule has 2 nitrogen and oxygen atoms in total. The van der Waals surface area contributed by atoms with Crippen LogP contribution in [0.1, 0.15) is 26.7 Å². The lowest BCUT2D eigenvalue weighted by Crippen LogP contribution is -2.19. The van der Waals surface area contributed by atoms with E-state index in [0.717, 1.165) is 24.2 Å². The molecule has 0 fully saturated rings. The van der Waals surface area contributed by atoms with Crippen LogP contribution in [-0.2, 0) is 9.53 Å². The Balaban J connectivity index is 2.87. The molecule has 0 spiro atoms. The van der Waals surface area contributed by atoms with Gasteiger partial charge in [0, 0.05) is 17.9 Å². The topological polar surface area (TPSA) is 26.3 Å². The second kappa shape index (κ2) is 3.07. The van der Waals surface area contributed by atoms with E-state index in [2.05, 4.69) is 0 Å². The average Bonchev–Trinajstić information content (AvgIpc) is 2.01. The minimum Gasteiger partial charge on any atom is -0.501 e. The fourth-order valence-electron chi connectivity index (χ4n) is 1.43. The predicted octanol–water partition coefficient (Wildman–Crippen LogP) is 1.91. The summed E-state index contributed by atoms with van der Waals surface area (Å²) >= 11 is 0. The molecule has 1 rings (SSSR count). The summed E-state index contributed by atoms with van der Waals surface area (Å²) in [6, 6.07) is 0. The molecule has 11 heavy (non-hydrogen) atoms. The van der Waals surface area contributed by atoms with Crippen molar-refractivity contribution in [2.24, 2.45) is 5.92 Å². The Kier molecular flexibility index (Phi) is 2.32. The summed E-state index contributed by atoms with van der Waals surface area (Å²) in [6.45, 7) is 3.81. The summed E-state index contributed by atoms with van der Waals surface area (Å²) < 4.78 is 5.08. The van der Waals surface area contributed by atoms with Gasteiger partial charge in [0.05, 0.1) is 7.11 Å². The molecule has 1 atom stereocenters. The Labute approximate surface area is 67.2 Å². The summed E-state index contributed by atoms with van der Waals surface area (Å²) in [5.41, 5.74) is 0.811. The van der Waals surface area contributed by atoms with Crippen LogP contribution in [0.3, 0.4) is 0 Å². The number of ether oxygens (including phenoxy) is 1. The first kappa shape index (κ1) is 8.31. The lowest BCUT2D eigenvalue weighted by atomic mass is 9.88. The molecule has 1 aliphatic carbocycles. The number of methoxy groups -OCH3 is 1. The van der Waals surface area contributed by atoms with Crippen molar-refractivity contribution in [3.8, 4) is 0 Å². The average molecular weight is 154 g/mol. The fourth-order valence-corrected chi connectivity index (χ4v) is 1.43. The number of hydrogen-bond acceptors (Lipinski definition) is 2. The lowest BCUT2D eigenvalue weighted by Gasteiger charge is -2.20. The highest BCUT2D eigenvalue weighted by Gasteiger charge is 2.23. The van der Waals surface area contributed by atoms with Crippen LogP contribution in [0.5, 0.6) is 0 Å². The second-order valence-corrected chi connectivity index (χ2v) is 3.06. The van der Waals surface area contributed by atoms with E-state index in [0.29, 0.717) is 0 Å². The molecule has 62 valence electrons. The third kappa shape index (κ3) is 1.44. The Bertz CT molecular complexity index is 204. The van der Waals surface area contributed by atoms with Crippen molar-refractivity contribution in [1.29, 1.82) is 0 Å². The van der Waals surface area contributed by atoms with Crippen LogP contribution in [0.4, 0.5) is 0 Å². The maximum absolute atomic E-state index is 11.4. The fraction of sp³-hybridized carbons (Fsp3) is 0.667. The van der Waals surface area contributed by atoms with Gasteiger partial charge in [-0.2, -0.15) is 0 Å². The number of hydrogen-bond donors (Lipinski definition) is 0. The Morgan fingerprint density at radius 3 is 2.73 bits per heavy atom. The number of carbonyl (C=O) groups is 1. The Morgan fingerprint density at radius 1 is 1.55 bits per heavy atom. The first-order chi connectivity index (χ1) is 5.16. The summed E-state index contributed by atoms with van der Waals surface area (Å²) in [6.07, 6.45) is 1.84. The molecule has 2 heteroatoms. The molecular formula is C9H14O2. The number of carbonyl (C=O) groups excluding carboxylic acids is 1. The molecule has 1 unspecified atom stereocenters. The monoisotopic (exact) mass is 154 g/mol. The number of allylic oxidation sites excluding steroid dienone is 2. The predicted molar refractivity (Wildman–Crippen MR) is 43.1 cm³/mol. The van der Waals surface area contributed by atoms with Gasteiger partial charge in [-0.05, 0) is 13.3 Å².